The smallest absolute Gasteiger partial charge is 0.395 e. The number of hydrogen-bond acceptors (Lipinski definition) is 5. The van der Waals surface area contributed by atoms with E-state index in [0.29, 0.717) is 30.9 Å². The van der Waals surface area contributed by atoms with E-state index in [4.69, 9.17) is 0 Å². The van der Waals surface area contributed by atoms with Gasteiger partial charge in [0.1, 0.15) is 0 Å². The van der Waals surface area contributed by atoms with E-state index in [9.17, 15) is 18.0 Å². The lowest BCUT2D eigenvalue weighted by molar-refractivity contribution is -0.286. The first-order chi connectivity index (χ1) is 13.8. The molecule has 2 aliphatic rings. The number of fused-ring (bicyclic) bond motifs is 1. The number of anilines is 1. The van der Waals surface area contributed by atoms with E-state index in [-0.39, 0.29) is 30.1 Å². The summed E-state index contributed by atoms with van der Waals surface area (Å²) in [5, 5.41) is 2.74. The third kappa shape index (κ3) is 4.01. The van der Waals surface area contributed by atoms with Crippen molar-refractivity contribution in [3.63, 3.8) is 0 Å². The molecule has 7 nitrogen and oxygen atoms in total. The highest BCUT2D eigenvalue weighted by Crippen LogP contribution is 2.43. The van der Waals surface area contributed by atoms with Gasteiger partial charge >= 0.3 is 12.3 Å². The maximum absolute atomic E-state index is 13.4. The number of nitrogens with zero attached hydrogens (tertiary/aromatic N) is 3. The average Bonchev–Trinajstić information content (AvgIpc) is 3.00. The molecule has 3 heterocycles. The molecule has 4 rings (SSSR count). The SMILES string of the molecule is CC1CN(c2ccnc(F)c2)CCN1C(=O)NCc1cccc2c1OC(F)(F)O2. The van der Waals surface area contributed by atoms with Crippen LogP contribution in [0.4, 0.5) is 23.7 Å². The fraction of sp³-hybridized carbons (Fsp3) is 0.368. The van der Waals surface area contributed by atoms with Crippen LogP contribution in [0.3, 0.4) is 0 Å². The monoisotopic (exact) mass is 408 g/mol. The van der Waals surface area contributed by atoms with Gasteiger partial charge in [0, 0.05) is 55.7 Å². The number of piperazine rings is 1. The fourth-order valence-electron chi connectivity index (χ4n) is 3.52. The third-order valence-electron chi connectivity index (χ3n) is 4.90. The summed E-state index contributed by atoms with van der Waals surface area (Å²) in [5.74, 6) is -0.689. The zero-order chi connectivity index (χ0) is 20.6. The van der Waals surface area contributed by atoms with E-state index in [1.165, 1.54) is 18.3 Å². The van der Waals surface area contributed by atoms with Gasteiger partial charge in [-0.15, -0.1) is 8.78 Å². The van der Waals surface area contributed by atoms with Gasteiger partial charge in [0.15, 0.2) is 11.5 Å². The minimum Gasteiger partial charge on any atom is -0.395 e. The molecule has 1 fully saturated rings. The summed E-state index contributed by atoms with van der Waals surface area (Å²) in [5.41, 5.74) is 1.11. The van der Waals surface area contributed by atoms with Crippen LogP contribution in [-0.4, -0.2) is 47.9 Å². The van der Waals surface area contributed by atoms with Crippen molar-refractivity contribution in [2.24, 2.45) is 0 Å². The van der Waals surface area contributed by atoms with Crippen molar-refractivity contribution < 1.29 is 27.4 Å². The van der Waals surface area contributed by atoms with E-state index in [0.717, 1.165) is 0 Å². The van der Waals surface area contributed by atoms with Crippen LogP contribution in [0.5, 0.6) is 11.5 Å². The second-order valence-corrected chi connectivity index (χ2v) is 6.90. The van der Waals surface area contributed by atoms with Gasteiger partial charge in [-0.3, -0.25) is 0 Å². The molecule has 0 bridgehead atoms. The Bertz CT molecular complexity index is 927. The predicted octanol–water partition coefficient (Wildman–Crippen LogP) is 2.96. The van der Waals surface area contributed by atoms with E-state index in [2.05, 4.69) is 19.8 Å². The molecule has 2 amide bonds. The number of hydrogen-bond donors (Lipinski definition) is 1. The number of carbonyl (C=O) groups is 1. The highest BCUT2D eigenvalue weighted by atomic mass is 19.3. The number of alkyl halides is 2. The molecule has 2 aliphatic heterocycles. The van der Waals surface area contributed by atoms with Crippen LogP contribution in [0, 0.1) is 5.95 Å². The normalized spacial score (nSPS) is 19.9. The molecule has 1 unspecified atom stereocenters. The van der Waals surface area contributed by atoms with Gasteiger partial charge in [-0.05, 0) is 19.1 Å². The topological polar surface area (TPSA) is 66.9 Å². The Kier molecular flexibility index (Phi) is 4.85. The van der Waals surface area contributed by atoms with Gasteiger partial charge in [-0.2, -0.15) is 4.39 Å². The number of urea groups is 1. The Morgan fingerprint density at radius 3 is 2.90 bits per heavy atom. The van der Waals surface area contributed by atoms with Crippen LogP contribution in [0.25, 0.3) is 0 Å². The second kappa shape index (κ2) is 7.34. The molecule has 2 aromatic rings. The number of amides is 2. The summed E-state index contributed by atoms with van der Waals surface area (Å²) >= 11 is 0. The zero-order valence-electron chi connectivity index (χ0n) is 15.6. The van der Waals surface area contributed by atoms with Gasteiger partial charge in [-0.1, -0.05) is 12.1 Å². The van der Waals surface area contributed by atoms with Gasteiger partial charge in [0.05, 0.1) is 0 Å². The van der Waals surface area contributed by atoms with Gasteiger partial charge < -0.3 is 24.6 Å². The molecule has 10 heteroatoms. The standard InChI is InChI=1S/C19H19F3N4O3/c1-12-11-25(14-5-6-23-16(20)9-14)7-8-26(12)18(27)24-10-13-3-2-4-15-17(13)29-19(21,22)28-15/h2-6,9,12H,7-8,10-11H2,1H3,(H,24,27). The number of ether oxygens (including phenoxy) is 2. The molecule has 0 spiro atoms. The molecule has 0 aliphatic carbocycles. The van der Waals surface area contributed by atoms with Crippen molar-refractivity contribution in [2.45, 2.75) is 25.8 Å². The van der Waals surface area contributed by atoms with Crippen molar-refractivity contribution in [1.29, 1.82) is 0 Å². The van der Waals surface area contributed by atoms with Crippen LogP contribution in [-0.2, 0) is 6.54 Å². The number of para-hydroxylation sites is 1. The molecule has 154 valence electrons. The van der Waals surface area contributed by atoms with Crippen LogP contribution < -0.4 is 19.7 Å². The first kappa shape index (κ1) is 19.2. The lowest BCUT2D eigenvalue weighted by atomic mass is 10.1. The summed E-state index contributed by atoms with van der Waals surface area (Å²) in [6.45, 7) is 3.40. The van der Waals surface area contributed by atoms with Crippen molar-refractivity contribution in [2.75, 3.05) is 24.5 Å². The molecular weight excluding hydrogens is 389 g/mol. The number of carbonyl (C=O) groups excluding carboxylic acids is 1. The minimum atomic E-state index is -3.71. The van der Waals surface area contributed by atoms with E-state index >= 15 is 0 Å². The van der Waals surface area contributed by atoms with Crippen molar-refractivity contribution >= 4 is 11.7 Å². The second-order valence-electron chi connectivity index (χ2n) is 6.90. The summed E-state index contributed by atoms with van der Waals surface area (Å²) in [6, 6.07) is 7.15. The van der Waals surface area contributed by atoms with Crippen LogP contribution >= 0.6 is 0 Å². The highest BCUT2D eigenvalue weighted by molar-refractivity contribution is 5.75. The number of rotatable bonds is 3. The number of halogens is 3. The van der Waals surface area contributed by atoms with Crippen LogP contribution in [0.2, 0.25) is 0 Å². The first-order valence-electron chi connectivity index (χ1n) is 9.11. The van der Waals surface area contributed by atoms with E-state index in [1.54, 1.807) is 23.1 Å². The van der Waals surface area contributed by atoms with Crippen LogP contribution in [0.15, 0.2) is 36.5 Å². The number of nitrogens with one attached hydrogen (secondary N) is 1. The third-order valence-corrected chi connectivity index (χ3v) is 4.90. The van der Waals surface area contributed by atoms with Crippen molar-refractivity contribution in [3.05, 3.63) is 48.0 Å². The number of pyridine rings is 1. The molecule has 1 saturated heterocycles. The largest absolute Gasteiger partial charge is 0.586 e. The first-order valence-corrected chi connectivity index (χ1v) is 9.11. The molecule has 0 saturated carbocycles. The van der Waals surface area contributed by atoms with Crippen LogP contribution in [0.1, 0.15) is 12.5 Å². The molecule has 1 aromatic carbocycles. The quantitative estimate of drug-likeness (QED) is 0.791. The predicted molar refractivity (Wildman–Crippen MR) is 97.5 cm³/mol. The lowest BCUT2D eigenvalue weighted by Gasteiger charge is -2.40. The summed E-state index contributed by atoms with van der Waals surface area (Å²) < 4.78 is 48.9. The van der Waals surface area contributed by atoms with E-state index in [1.807, 2.05) is 11.8 Å². The Hall–Kier alpha value is -3.17. The van der Waals surface area contributed by atoms with Crippen molar-refractivity contribution in [3.8, 4) is 11.5 Å². The summed E-state index contributed by atoms with van der Waals surface area (Å²) in [7, 11) is 0. The Balaban J connectivity index is 1.37. The molecule has 29 heavy (non-hydrogen) atoms. The molecule has 1 atom stereocenters. The molecule has 1 aromatic heterocycles. The Labute approximate surface area is 165 Å². The highest BCUT2D eigenvalue weighted by Gasteiger charge is 2.44. The number of benzene rings is 1. The zero-order valence-corrected chi connectivity index (χ0v) is 15.6. The van der Waals surface area contributed by atoms with Gasteiger partial charge in [0.2, 0.25) is 5.95 Å². The molecular formula is C19H19F3N4O3. The fourth-order valence-corrected chi connectivity index (χ4v) is 3.52. The van der Waals surface area contributed by atoms with Crippen molar-refractivity contribution in [1.82, 2.24) is 15.2 Å². The average molecular weight is 408 g/mol. The van der Waals surface area contributed by atoms with Gasteiger partial charge in [-0.25, -0.2) is 9.78 Å². The Morgan fingerprint density at radius 2 is 2.14 bits per heavy atom. The van der Waals surface area contributed by atoms with E-state index < -0.39 is 12.2 Å². The summed E-state index contributed by atoms with van der Waals surface area (Å²) in [6.07, 6.45) is -2.30. The molecule has 1 N–H and O–H groups in total. The molecule has 0 radical (unpaired) electrons. The Morgan fingerprint density at radius 1 is 1.31 bits per heavy atom. The lowest BCUT2D eigenvalue weighted by Crippen LogP contribution is -2.56. The minimum absolute atomic E-state index is 0.0178. The van der Waals surface area contributed by atoms with Gasteiger partial charge in [0.25, 0.3) is 0 Å². The maximum atomic E-state index is 13.4. The summed E-state index contributed by atoms with van der Waals surface area (Å²) in [4.78, 5) is 19.8. The number of aromatic nitrogens is 1. The maximum Gasteiger partial charge on any atom is 0.586 e.